The summed E-state index contributed by atoms with van der Waals surface area (Å²) in [5.74, 6) is 1.17. The van der Waals surface area contributed by atoms with E-state index < -0.39 is 0 Å². The van der Waals surface area contributed by atoms with Gasteiger partial charge in [0.05, 0.1) is 12.0 Å². The van der Waals surface area contributed by atoms with Crippen LogP contribution in [0.1, 0.15) is 25.7 Å². The number of amides is 2. The number of halogens is 1. The maximum Gasteiger partial charge on any atom is 0.225 e. The Bertz CT molecular complexity index is 388. The maximum atomic E-state index is 12.3. The van der Waals surface area contributed by atoms with Crippen molar-refractivity contribution >= 4 is 24.2 Å². The van der Waals surface area contributed by atoms with Gasteiger partial charge in [0.1, 0.15) is 0 Å². The second-order valence-corrected chi connectivity index (χ2v) is 6.12. The van der Waals surface area contributed by atoms with Gasteiger partial charge in [-0.05, 0) is 31.1 Å². The minimum absolute atomic E-state index is 0. The minimum atomic E-state index is -0.0265. The Balaban J connectivity index is 0.00000133. The van der Waals surface area contributed by atoms with Crippen LogP contribution in [0.2, 0.25) is 0 Å². The number of nitrogens with two attached hydrogens (primary N) is 1. The van der Waals surface area contributed by atoms with Gasteiger partial charge >= 0.3 is 0 Å². The standard InChI is InChI=1S/C13H21N3O2.ClH/c1-16-6-9(5-10(16)17)15-13(18)11-7-2-3-8(4-7)12(11)14;/h7-9,11-12H,2-6,14H2,1H3,(H,15,18);1H. The van der Waals surface area contributed by atoms with Gasteiger partial charge in [-0.3, -0.25) is 9.59 Å². The van der Waals surface area contributed by atoms with Gasteiger partial charge in [-0.2, -0.15) is 0 Å². The summed E-state index contributed by atoms with van der Waals surface area (Å²) in [5, 5.41) is 3.02. The summed E-state index contributed by atoms with van der Waals surface area (Å²) < 4.78 is 0. The normalized spacial score (nSPS) is 40.4. The largest absolute Gasteiger partial charge is 0.351 e. The first-order valence-corrected chi connectivity index (χ1v) is 6.86. The highest BCUT2D eigenvalue weighted by atomic mass is 35.5. The fraction of sp³-hybridized carbons (Fsp3) is 0.846. The monoisotopic (exact) mass is 287 g/mol. The van der Waals surface area contributed by atoms with Gasteiger partial charge in [-0.25, -0.2) is 0 Å². The molecule has 2 aliphatic carbocycles. The number of rotatable bonds is 2. The summed E-state index contributed by atoms with van der Waals surface area (Å²) in [4.78, 5) is 25.4. The second-order valence-electron chi connectivity index (χ2n) is 6.12. The third-order valence-electron chi connectivity index (χ3n) is 4.97. The zero-order valence-corrected chi connectivity index (χ0v) is 12.0. The zero-order valence-electron chi connectivity index (χ0n) is 11.2. The molecule has 5 atom stereocenters. The molecular weight excluding hydrogens is 266 g/mol. The Hall–Kier alpha value is -0.810. The number of carbonyl (C=O) groups is 2. The summed E-state index contributed by atoms with van der Waals surface area (Å²) in [5.41, 5.74) is 6.16. The van der Waals surface area contributed by atoms with Crippen molar-refractivity contribution in [3.05, 3.63) is 0 Å². The quantitative estimate of drug-likeness (QED) is 0.758. The van der Waals surface area contributed by atoms with E-state index in [1.165, 1.54) is 6.42 Å². The molecule has 1 aliphatic heterocycles. The number of likely N-dealkylation sites (N-methyl/N-ethyl adjacent to an activating group) is 1. The molecule has 1 heterocycles. The Morgan fingerprint density at radius 2 is 2.05 bits per heavy atom. The van der Waals surface area contributed by atoms with Crippen molar-refractivity contribution in [1.82, 2.24) is 10.2 Å². The van der Waals surface area contributed by atoms with E-state index in [4.69, 9.17) is 5.73 Å². The molecule has 5 nitrogen and oxygen atoms in total. The van der Waals surface area contributed by atoms with Crippen molar-refractivity contribution in [2.45, 2.75) is 37.8 Å². The number of hydrogen-bond acceptors (Lipinski definition) is 3. The van der Waals surface area contributed by atoms with Crippen molar-refractivity contribution in [3.8, 4) is 0 Å². The lowest BCUT2D eigenvalue weighted by Gasteiger charge is -2.28. The molecule has 3 fully saturated rings. The van der Waals surface area contributed by atoms with E-state index in [1.54, 1.807) is 11.9 Å². The van der Waals surface area contributed by atoms with Crippen molar-refractivity contribution in [2.24, 2.45) is 23.5 Å². The topological polar surface area (TPSA) is 75.4 Å². The van der Waals surface area contributed by atoms with Crippen LogP contribution < -0.4 is 11.1 Å². The van der Waals surface area contributed by atoms with E-state index in [-0.39, 0.29) is 42.2 Å². The Morgan fingerprint density at radius 3 is 2.58 bits per heavy atom. The summed E-state index contributed by atoms with van der Waals surface area (Å²) >= 11 is 0. The number of fused-ring (bicyclic) bond motifs is 2. The molecule has 19 heavy (non-hydrogen) atoms. The molecule has 0 aromatic carbocycles. The third kappa shape index (κ3) is 2.46. The van der Waals surface area contributed by atoms with Gasteiger partial charge in [-0.15, -0.1) is 12.4 Å². The van der Waals surface area contributed by atoms with Crippen LogP contribution in [-0.2, 0) is 9.59 Å². The summed E-state index contributed by atoms with van der Waals surface area (Å²) in [6.07, 6.45) is 3.86. The van der Waals surface area contributed by atoms with E-state index >= 15 is 0 Å². The number of nitrogens with zero attached hydrogens (tertiary/aromatic N) is 1. The lowest BCUT2D eigenvalue weighted by molar-refractivity contribution is -0.127. The van der Waals surface area contributed by atoms with Crippen molar-refractivity contribution < 1.29 is 9.59 Å². The van der Waals surface area contributed by atoms with Crippen LogP contribution in [0.4, 0.5) is 0 Å². The van der Waals surface area contributed by atoms with E-state index in [0.29, 0.717) is 24.8 Å². The van der Waals surface area contributed by atoms with Gasteiger partial charge in [0, 0.05) is 26.1 Å². The molecule has 0 spiro atoms. The summed E-state index contributed by atoms with van der Waals surface area (Å²) in [6.45, 7) is 0.626. The van der Waals surface area contributed by atoms with E-state index in [0.717, 1.165) is 12.8 Å². The second kappa shape index (κ2) is 5.29. The average Bonchev–Trinajstić information content (AvgIpc) is 2.95. The molecule has 108 valence electrons. The summed E-state index contributed by atoms with van der Waals surface area (Å²) in [7, 11) is 1.78. The van der Waals surface area contributed by atoms with Crippen LogP contribution in [-0.4, -0.2) is 42.4 Å². The van der Waals surface area contributed by atoms with Gasteiger partial charge in [0.15, 0.2) is 0 Å². The molecule has 2 amide bonds. The van der Waals surface area contributed by atoms with Crippen molar-refractivity contribution in [1.29, 1.82) is 0 Å². The fourth-order valence-corrected chi connectivity index (χ4v) is 3.98. The van der Waals surface area contributed by atoms with Crippen LogP contribution >= 0.6 is 12.4 Å². The molecular formula is C13H22ClN3O2. The number of carbonyl (C=O) groups excluding carboxylic acids is 2. The SMILES string of the molecule is CN1CC(NC(=O)C2C3CCC(C3)C2N)CC1=O.Cl. The smallest absolute Gasteiger partial charge is 0.225 e. The maximum absolute atomic E-state index is 12.3. The molecule has 5 unspecified atom stereocenters. The Morgan fingerprint density at radius 1 is 1.37 bits per heavy atom. The fourth-order valence-electron chi connectivity index (χ4n) is 3.98. The lowest BCUT2D eigenvalue weighted by atomic mass is 9.84. The minimum Gasteiger partial charge on any atom is -0.351 e. The van der Waals surface area contributed by atoms with Gasteiger partial charge in [0.2, 0.25) is 11.8 Å². The number of likely N-dealkylation sites (tertiary alicyclic amines) is 1. The average molecular weight is 288 g/mol. The first-order valence-electron chi connectivity index (χ1n) is 6.86. The van der Waals surface area contributed by atoms with Crippen molar-refractivity contribution in [3.63, 3.8) is 0 Å². The van der Waals surface area contributed by atoms with E-state index in [2.05, 4.69) is 5.32 Å². The van der Waals surface area contributed by atoms with Crippen LogP contribution in [0.3, 0.4) is 0 Å². The molecule has 3 aliphatic rings. The predicted octanol–water partition coefficient (Wildman–Crippen LogP) is 0.129. The summed E-state index contributed by atoms with van der Waals surface area (Å²) in [6, 6.07) is -0.0000827. The highest BCUT2D eigenvalue weighted by Gasteiger charge is 2.49. The zero-order chi connectivity index (χ0) is 12.9. The Labute approximate surface area is 119 Å². The van der Waals surface area contributed by atoms with Crippen LogP contribution in [0, 0.1) is 17.8 Å². The van der Waals surface area contributed by atoms with Crippen molar-refractivity contribution in [2.75, 3.05) is 13.6 Å². The molecule has 3 N–H and O–H groups in total. The number of nitrogens with one attached hydrogen (secondary N) is 1. The first kappa shape index (κ1) is 14.6. The molecule has 0 radical (unpaired) electrons. The van der Waals surface area contributed by atoms with E-state index in [9.17, 15) is 9.59 Å². The first-order chi connectivity index (χ1) is 8.56. The van der Waals surface area contributed by atoms with Crippen LogP contribution in [0.15, 0.2) is 0 Å². The molecule has 0 aromatic heterocycles. The van der Waals surface area contributed by atoms with Gasteiger partial charge in [-0.1, -0.05) is 0 Å². The Kier molecular flexibility index (Phi) is 4.06. The molecule has 0 aromatic rings. The third-order valence-corrected chi connectivity index (χ3v) is 4.97. The molecule has 2 saturated carbocycles. The van der Waals surface area contributed by atoms with Gasteiger partial charge < -0.3 is 16.0 Å². The molecule has 2 bridgehead atoms. The highest BCUT2D eigenvalue weighted by molar-refractivity contribution is 5.85. The molecule has 3 rings (SSSR count). The lowest BCUT2D eigenvalue weighted by Crippen LogP contribution is -2.48. The van der Waals surface area contributed by atoms with Gasteiger partial charge in [0.25, 0.3) is 0 Å². The highest BCUT2D eigenvalue weighted by Crippen LogP contribution is 2.47. The van der Waals surface area contributed by atoms with E-state index in [1.807, 2.05) is 0 Å². The van der Waals surface area contributed by atoms with Crippen LogP contribution in [0.5, 0.6) is 0 Å². The number of hydrogen-bond donors (Lipinski definition) is 2. The molecule has 6 heteroatoms. The van der Waals surface area contributed by atoms with Crippen LogP contribution in [0.25, 0.3) is 0 Å². The molecule has 1 saturated heterocycles. The predicted molar refractivity (Wildman–Crippen MR) is 73.7 cm³/mol.